The molecule has 2 saturated heterocycles. The summed E-state index contributed by atoms with van der Waals surface area (Å²) in [5.74, 6) is 1.78. The van der Waals surface area contributed by atoms with Crippen molar-refractivity contribution in [2.24, 2.45) is 22.7 Å². The molecule has 4 rings (SSSR count). The molecular formula is C17H26N2O3S2. The maximum absolute atomic E-state index is 12.4. The van der Waals surface area contributed by atoms with Crippen LogP contribution in [0.1, 0.15) is 46.0 Å². The van der Waals surface area contributed by atoms with Crippen molar-refractivity contribution < 1.29 is 13.2 Å². The third kappa shape index (κ3) is 2.81. The molecule has 4 fully saturated rings. The molecule has 2 aliphatic heterocycles. The van der Waals surface area contributed by atoms with Crippen molar-refractivity contribution in [2.75, 3.05) is 11.5 Å². The highest BCUT2D eigenvalue weighted by atomic mass is 32.2. The molecule has 4 aliphatic rings. The van der Waals surface area contributed by atoms with Crippen molar-refractivity contribution in [1.29, 1.82) is 0 Å². The Kier molecular flexibility index (Phi) is 4.23. The van der Waals surface area contributed by atoms with E-state index >= 15 is 0 Å². The second-order valence-electron chi connectivity index (χ2n) is 7.99. The number of hydrogen-bond donors (Lipinski definition) is 0. The third-order valence-electron chi connectivity index (χ3n) is 6.40. The largest absolute Gasteiger partial charge is 0.343 e. The monoisotopic (exact) mass is 370 g/mol. The smallest absolute Gasteiger partial charge is 0.250 e. The summed E-state index contributed by atoms with van der Waals surface area (Å²) in [6.45, 7) is 3.92. The van der Waals surface area contributed by atoms with Crippen molar-refractivity contribution >= 4 is 32.7 Å². The second-order valence-corrected chi connectivity index (χ2v) is 11.4. The number of aliphatic imine (C=N–C) groups is 1. The molecule has 134 valence electrons. The molecule has 7 heteroatoms. The number of fused-ring (bicyclic) bond motifs is 3. The van der Waals surface area contributed by atoms with Crippen LogP contribution in [0.4, 0.5) is 0 Å². The lowest BCUT2D eigenvalue weighted by Crippen LogP contribution is -2.47. The number of amides is 1. The number of thioether (sulfide) groups is 1. The van der Waals surface area contributed by atoms with Crippen molar-refractivity contribution in [1.82, 2.24) is 4.90 Å². The summed E-state index contributed by atoms with van der Waals surface area (Å²) in [5, 5.41) is 0.861. The van der Waals surface area contributed by atoms with Gasteiger partial charge in [0.05, 0.1) is 17.5 Å². The SMILES string of the molecule is CC[C@H](C)C(=O)N=C1S[C@@H]2CS(=O)(=O)C[C@H]2N1[C@H]1C[C@H]2CC[C@H]1C2. The Balaban J connectivity index is 1.64. The molecule has 6 atom stereocenters. The maximum Gasteiger partial charge on any atom is 0.250 e. The highest BCUT2D eigenvalue weighted by molar-refractivity contribution is 8.15. The lowest BCUT2D eigenvalue weighted by atomic mass is 9.93. The molecule has 0 aromatic rings. The number of sulfone groups is 1. The molecule has 0 spiro atoms. The van der Waals surface area contributed by atoms with Gasteiger partial charge in [0.2, 0.25) is 0 Å². The van der Waals surface area contributed by atoms with Crippen LogP contribution in [-0.2, 0) is 14.6 Å². The summed E-state index contributed by atoms with van der Waals surface area (Å²) < 4.78 is 24.2. The molecule has 2 heterocycles. The van der Waals surface area contributed by atoms with E-state index in [0.29, 0.717) is 12.0 Å². The van der Waals surface area contributed by atoms with Crippen molar-refractivity contribution in [3.8, 4) is 0 Å². The minimum atomic E-state index is -2.96. The number of nitrogens with zero attached hydrogens (tertiary/aromatic N) is 2. The van der Waals surface area contributed by atoms with Crippen LogP contribution >= 0.6 is 11.8 Å². The van der Waals surface area contributed by atoms with E-state index in [1.54, 1.807) is 0 Å². The molecule has 1 amide bonds. The lowest BCUT2D eigenvalue weighted by Gasteiger charge is -2.36. The molecule has 24 heavy (non-hydrogen) atoms. The van der Waals surface area contributed by atoms with Crippen LogP contribution in [0.3, 0.4) is 0 Å². The third-order valence-corrected chi connectivity index (χ3v) is 9.63. The zero-order chi connectivity index (χ0) is 17.1. The summed E-state index contributed by atoms with van der Waals surface area (Å²) in [6.07, 6.45) is 5.75. The fraction of sp³-hybridized carbons (Fsp3) is 0.882. The fourth-order valence-corrected chi connectivity index (χ4v) is 8.89. The van der Waals surface area contributed by atoms with E-state index in [-0.39, 0.29) is 34.6 Å². The number of hydrogen-bond acceptors (Lipinski definition) is 4. The summed E-state index contributed by atoms with van der Waals surface area (Å²) >= 11 is 1.54. The van der Waals surface area contributed by atoms with Crippen LogP contribution < -0.4 is 0 Å². The van der Waals surface area contributed by atoms with E-state index in [4.69, 9.17) is 0 Å². The first-order valence-corrected chi connectivity index (χ1v) is 11.9. The van der Waals surface area contributed by atoms with Gasteiger partial charge in [0.25, 0.3) is 5.91 Å². The number of carbonyl (C=O) groups excluding carboxylic acids is 1. The summed E-state index contributed by atoms with van der Waals surface area (Å²) in [5.41, 5.74) is 0. The quantitative estimate of drug-likeness (QED) is 0.763. The van der Waals surface area contributed by atoms with E-state index in [9.17, 15) is 13.2 Å². The molecular weight excluding hydrogens is 344 g/mol. The van der Waals surface area contributed by atoms with Gasteiger partial charge >= 0.3 is 0 Å². The van der Waals surface area contributed by atoms with Gasteiger partial charge in [-0.05, 0) is 37.5 Å². The van der Waals surface area contributed by atoms with Gasteiger partial charge in [0, 0.05) is 17.2 Å². The van der Waals surface area contributed by atoms with E-state index in [0.717, 1.165) is 23.9 Å². The first-order chi connectivity index (χ1) is 11.4. The number of amidine groups is 1. The second kappa shape index (κ2) is 6.01. The van der Waals surface area contributed by atoms with E-state index in [1.807, 2.05) is 13.8 Å². The molecule has 2 aliphatic carbocycles. The van der Waals surface area contributed by atoms with Gasteiger partial charge in [0.15, 0.2) is 15.0 Å². The van der Waals surface area contributed by atoms with E-state index < -0.39 is 9.84 Å². The molecule has 5 nitrogen and oxygen atoms in total. The predicted octanol–water partition coefficient (Wildman–Crippen LogP) is 2.32. The topological polar surface area (TPSA) is 66.8 Å². The van der Waals surface area contributed by atoms with Gasteiger partial charge in [-0.3, -0.25) is 4.79 Å². The van der Waals surface area contributed by atoms with Crippen molar-refractivity contribution in [3.63, 3.8) is 0 Å². The zero-order valence-corrected chi connectivity index (χ0v) is 16.0. The zero-order valence-electron chi connectivity index (χ0n) is 14.3. The normalized spacial score (nSPS) is 42.7. The Morgan fingerprint density at radius 3 is 2.71 bits per heavy atom. The molecule has 2 saturated carbocycles. The fourth-order valence-electron chi connectivity index (χ4n) is 4.91. The van der Waals surface area contributed by atoms with Crippen LogP contribution in [-0.4, -0.2) is 53.2 Å². The first-order valence-electron chi connectivity index (χ1n) is 9.16. The summed E-state index contributed by atoms with van der Waals surface area (Å²) in [7, 11) is -2.96. The van der Waals surface area contributed by atoms with Gasteiger partial charge in [-0.2, -0.15) is 4.99 Å². The predicted molar refractivity (Wildman–Crippen MR) is 96.8 cm³/mol. The van der Waals surface area contributed by atoms with Crippen LogP contribution in [0.25, 0.3) is 0 Å². The minimum Gasteiger partial charge on any atom is -0.343 e. The van der Waals surface area contributed by atoms with Crippen LogP contribution in [0.15, 0.2) is 4.99 Å². The Labute approximate surface area is 148 Å². The van der Waals surface area contributed by atoms with Crippen molar-refractivity contribution in [3.05, 3.63) is 0 Å². The minimum absolute atomic E-state index is 0.0211. The average molecular weight is 371 g/mol. The molecule has 0 radical (unpaired) electrons. The summed E-state index contributed by atoms with van der Waals surface area (Å²) in [4.78, 5) is 19.1. The molecule has 2 bridgehead atoms. The van der Waals surface area contributed by atoms with Crippen LogP contribution in [0, 0.1) is 17.8 Å². The van der Waals surface area contributed by atoms with Gasteiger partial charge in [-0.25, -0.2) is 8.42 Å². The Bertz CT molecular complexity index is 675. The van der Waals surface area contributed by atoms with E-state index in [2.05, 4.69) is 9.89 Å². The Morgan fingerprint density at radius 1 is 1.29 bits per heavy atom. The van der Waals surface area contributed by atoms with Crippen molar-refractivity contribution in [2.45, 2.75) is 63.3 Å². The molecule has 0 N–H and O–H groups in total. The highest BCUT2D eigenvalue weighted by Gasteiger charge is 2.54. The standard InChI is InChI=1S/C17H26N2O3S2/c1-3-10(2)16(20)18-17-19(13-7-11-4-5-12(13)6-11)14-8-24(21,22)9-15(14)23-17/h10-15H,3-9H2,1-2H3/t10-,11-,12-,13-,14+,15+/m0/s1. The van der Waals surface area contributed by atoms with Gasteiger partial charge in [-0.15, -0.1) is 0 Å². The lowest BCUT2D eigenvalue weighted by molar-refractivity contribution is -0.121. The maximum atomic E-state index is 12.4. The van der Waals surface area contributed by atoms with E-state index in [1.165, 1.54) is 31.0 Å². The van der Waals surface area contributed by atoms with Crippen LogP contribution in [0.5, 0.6) is 0 Å². The van der Waals surface area contributed by atoms with Gasteiger partial charge in [0.1, 0.15) is 0 Å². The molecule has 0 unspecified atom stereocenters. The number of rotatable bonds is 3. The highest BCUT2D eigenvalue weighted by Crippen LogP contribution is 2.51. The number of carbonyl (C=O) groups is 1. The first kappa shape index (κ1) is 16.9. The Hall–Kier alpha value is -0.560. The average Bonchev–Trinajstić information content (AvgIpc) is 3.25. The Morgan fingerprint density at radius 2 is 2.08 bits per heavy atom. The molecule has 0 aromatic heterocycles. The van der Waals surface area contributed by atoms with Gasteiger partial charge in [-0.1, -0.05) is 32.0 Å². The molecule has 0 aromatic carbocycles. The summed E-state index contributed by atoms with van der Waals surface area (Å²) in [6, 6.07) is 0.413. The van der Waals surface area contributed by atoms with Gasteiger partial charge < -0.3 is 4.90 Å². The van der Waals surface area contributed by atoms with Crippen LogP contribution in [0.2, 0.25) is 0 Å².